The number of carbonyl (C=O) groups is 2. The van der Waals surface area contributed by atoms with E-state index >= 15 is 0 Å². The van der Waals surface area contributed by atoms with Crippen molar-refractivity contribution in [3.63, 3.8) is 0 Å². The van der Waals surface area contributed by atoms with E-state index in [-0.39, 0.29) is 12.5 Å². The number of fused-ring (bicyclic) bond motifs is 3. The fourth-order valence-corrected chi connectivity index (χ4v) is 4.15. The topological polar surface area (TPSA) is 93.5 Å². The number of rotatable bonds is 6. The molecule has 2 N–H and O–H groups in total. The zero-order chi connectivity index (χ0) is 21.3. The van der Waals surface area contributed by atoms with Crippen molar-refractivity contribution in [1.82, 2.24) is 15.1 Å². The van der Waals surface area contributed by atoms with Gasteiger partial charge in [0.05, 0.1) is 16.7 Å². The molecular weight excluding hydrogens is 450 g/mol. The van der Waals surface area contributed by atoms with Crippen LogP contribution in [0.25, 0.3) is 11.1 Å². The van der Waals surface area contributed by atoms with Crippen LogP contribution in [0.2, 0.25) is 0 Å². The smallest absolute Gasteiger partial charge is 0.407 e. The van der Waals surface area contributed by atoms with Crippen molar-refractivity contribution >= 4 is 28.0 Å². The maximum Gasteiger partial charge on any atom is 0.407 e. The summed E-state index contributed by atoms with van der Waals surface area (Å²) in [7, 11) is 0. The third kappa shape index (κ3) is 3.82. The van der Waals surface area contributed by atoms with E-state index in [0.29, 0.717) is 0 Å². The van der Waals surface area contributed by atoms with Gasteiger partial charge in [-0.1, -0.05) is 48.5 Å². The van der Waals surface area contributed by atoms with E-state index < -0.39 is 24.1 Å². The first-order chi connectivity index (χ1) is 14.5. The van der Waals surface area contributed by atoms with Gasteiger partial charge in [0.2, 0.25) is 0 Å². The molecule has 0 bridgehead atoms. The Labute approximate surface area is 181 Å². The normalized spacial score (nSPS) is 14.5. The zero-order valence-electron chi connectivity index (χ0n) is 16.2. The quantitative estimate of drug-likeness (QED) is 0.564. The molecule has 2 atom stereocenters. The van der Waals surface area contributed by atoms with Crippen molar-refractivity contribution in [2.75, 3.05) is 6.61 Å². The van der Waals surface area contributed by atoms with Crippen molar-refractivity contribution in [3.05, 3.63) is 76.5 Å². The second kappa shape index (κ2) is 8.31. The van der Waals surface area contributed by atoms with Gasteiger partial charge in [0, 0.05) is 12.1 Å². The highest BCUT2D eigenvalue weighted by Crippen LogP contribution is 2.44. The molecule has 7 nitrogen and oxygen atoms in total. The summed E-state index contributed by atoms with van der Waals surface area (Å²) in [6, 6.07) is 14.3. The fraction of sp³-hybridized carbons (Fsp3) is 0.227. The second-order valence-corrected chi connectivity index (χ2v) is 8.08. The number of carbonyl (C=O) groups excluding carboxylic acids is 1. The van der Waals surface area contributed by atoms with Crippen LogP contribution in [0, 0.1) is 0 Å². The van der Waals surface area contributed by atoms with Crippen LogP contribution >= 0.6 is 15.9 Å². The standard InChI is InChI=1S/C22H20BrN3O4/c1-13(26-11-14(23)10-24-26)20(21(27)28)25-22(29)30-12-19-17-8-4-2-6-15(17)16-7-3-5-9-18(16)19/h2-11,13,19-20H,12H2,1H3,(H,25,29)(H,27,28). The molecule has 4 rings (SSSR count). The number of hydrogen-bond acceptors (Lipinski definition) is 4. The van der Waals surface area contributed by atoms with Gasteiger partial charge in [-0.05, 0) is 45.1 Å². The molecule has 0 radical (unpaired) electrons. The van der Waals surface area contributed by atoms with E-state index in [0.717, 1.165) is 26.7 Å². The first kappa shape index (κ1) is 20.2. The molecule has 3 aromatic rings. The highest BCUT2D eigenvalue weighted by molar-refractivity contribution is 9.10. The van der Waals surface area contributed by atoms with Crippen molar-refractivity contribution in [2.24, 2.45) is 0 Å². The Morgan fingerprint density at radius 2 is 1.77 bits per heavy atom. The minimum atomic E-state index is -1.19. The molecule has 0 saturated heterocycles. The van der Waals surface area contributed by atoms with Gasteiger partial charge in [-0.15, -0.1) is 0 Å². The molecule has 2 unspecified atom stereocenters. The molecule has 1 amide bonds. The largest absolute Gasteiger partial charge is 0.480 e. The van der Waals surface area contributed by atoms with Gasteiger partial charge in [0.1, 0.15) is 6.61 Å². The number of carboxylic acid groups (broad SMARTS) is 1. The number of nitrogens with one attached hydrogen (secondary N) is 1. The molecule has 2 aromatic carbocycles. The van der Waals surface area contributed by atoms with Crippen LogP contribution in [-0.4, -0.2) is 39.6 Å². The molecule has 0 spiro atoms. The Bertz CT molecular complexity index is 1050. The number of carboxylic acids is 1. The summed E-state index contributed by atoms with van der Waals surface area (Å²) in [5.74, 6) is -1.26. The van der Waals surface area contributed by atoms with Gasteiger partial charge in [-0.3, -0.25) is 4.68 Å². The highest BCUT2D eigenvalue weighted by atomic mass is 79.9. The Hall–Kier alpha value is -3.13. The summed E-state index contributed by atoms with van der Waals surface area (Å²) in [6.07, 6.45) is 2.44. The van der Waals surface area contributed by atoms with Crippen LogP contribution in [0.3, 0.4) is 0 Å². The van der Waals surface area contributed by atoms with E-state index in [1.807, 2.05) is 36.4 Å². The van der Waals surface area contributed by atoms with Crippen LogP contribution < -0.4 is 5.32 Å². The maximum absolute atomic E-state index is 12.4. The molecule has 30 heavy (non-hydrogen) atoms. The molecule has 0 fully saturated rings. The summed E-state index contributed by atoms with van der Waals surface area (Å²) in [4.78, 5) is 24.2. The Kier molecular flexibility index (Phi) is 5.59. The minimum absolute atomic E-state index is 0.0917. The highest BCUT2D eigenvalue weighted by Gasteiger charge is 2.31. The number of benzene rings is 2. The van der Waals surface area contributed by atoms with Crippen molar-refractivity contribution in [1.29, 1.82) is 0 Å². The average Bonchev–Trinajstić information content (AvgIpc) is 3.31. The third-order valence-corrected chi connectivity index (χ3v) is 5.76. The Morgan fingerprint density at radius 1 is 1.17 bits per heavy atom. The summed E-state index contributed by atoms with van der Waals surface area (Å²) in [5, 5.41) is 16.1. The van der Waals surface area contributed by atoms with E-state index in [1.54, 1.807) is 19.3 Å². The summed E-state index contributed by atoms with van der Waals surface area (Å²) in [6.45, 7) is 1.79. The van der Waals surface area contributed by atoms with E-state index in [1.165, 1.54) is 4.68 Å². The first-order valence-electron chi connectivity index (χ1n) is 9.49. The van der Waals surface area contributed by atoms with Crippen LogP contribution in [0.4, 0.5) is 4.79 Å². The maximum atomic E-state index is 12.4. The molecule has 1 aliphatic rings. The molecular formula is C22H20BrN3O4. The van der Waals surface area contributed by atoms with Gasteiger partial charge >= 0.3 is 12.1 Å². The van der Waals surface area contributed by atoms with Crippen molar-refractivity contribution in [2.45, 2.75) is 24.9 Å². The van der Waals surface area contributed by atoms with E-state index in [2.05, 4.69) is 38.5 Å². The number of amides is 1. The van der Waals surface area contributed by atoms with Gasteiger partial charge in [-0.25, -0.2) is 9.59 Å². The molecule has 0 aliphatic heterocycles. The van der Waals surface area contributed by atoms with E-state index in [9.17, 15) is 14.7 Å². The lowest BCUT2D eigenvalue weighted by molar-refractivity contribution is -0.140. The summed E-state index contributed by atoms with van der Waals surface area (Å²) < 4.78 is 7.66. The predicted molar refractivity (Wildman–Crippen MR) is 114 cm³/mol. The molecule has 154 valence electrons. The lowest BCUT2D eigenvalue weighted by Gasteiger charge is -2.22. The lowest BCUT2D eigenvalue weighted by Crippen LogP contribution is -2.46. The van der Waals surface area contributed by atoms with E-state index in [4.69, 9.17) is 4.74 Å². The molecule has 0 saturated carbocycles. The van der Waals surface area contributed by atoms with Gasteiger partial charge in [0.25, 0.3) is 0 Å². The third-order valence-electron chi connectivity index (χ3n) is 5.35. The molecule has 1 heterocycles. The van der Waals surface area contributed by atoms with Gasteiger partial charge < -0.3 is 15.2 Å². The summed E-state index contributed by atoms with van der Waals surface area (Å²) >= 11 is 3.28. The molecule has 1 aromatic heterocycles. The van der Waals surface area contributed by atoms with Gasteiger partial charge in [-0.2, -0.15) is 5.10 Å². The number of nitrogens with zero attached hydrogens (tertiary/aromatic N) is 2. The number of ether oxygens (including phenoxy) is 1. The number of alkyl carbamates (subject to hydrolysis) is 1. The number of aromatic nitrogens is 2. The second-order valence-electron chi connectivity index (χ2n) is 7.16. The Balaban J connectivity index is 1.46. The monoisotopic (exact) mass is 469 g/mol. The zero-order valence-corrected chi connectivity index (χ0v) is 17.7. The summed E-state index contributed by atoms with van der Waals surface area (Å²) in [5.41, 5.74) is 4.44. The fourth-order valence-electron chi connectivity index (χ4n) is 3.85. The number of hydrogen-bond donors (Lipinski definition) is 2. The van der Waals surface area contributed by atoms with Crippen LogP contribution in [-0.2, 0) is 9.53 Å². The molecule has 8 heteroatoms. The lowest BCUT2D eigenvalue weighted by atomic mass is 9.98. The predicted octanol–water partition coefficient (Wildman–Crippen LogP) is 4.20. The van der Waals surface area contributed by atoms with Crippen LogP contribution in [0.15, 0.2) is 65.4 Å². The van der Waals surface area contributed by atoms with Crippen molar-refractivity contribution in [3.8, 4) is 11.1 Å². The van der Waals surface area contributed by atoms with Crippen molar-refractivity contribution < 1.29 is 19.4 Å². The number of halogens is 1. The van der Waals surface area contributed by atoms with Crippen LogP contribution in [0.1, 0.15) is 30.0 Å². The first-order valence-corrected chi connectivity index (χ1v) is 10.3. The average molecular weight is 470 g/mol. The Morgan fingerprint density at radius 3 is 2.30 bits per heavy atom. The van der Waals surface area contributed by atoms with Crippen LogP contribution in [0.5, 0.6) is 0 Å². The van der Waals surface area contributed by atoms with Gasteiger partial charge in [0.15, 0.2) is 6.04 Å². The molecule has 1 aliphatic carbocycles. The minimum Gasteiger partial charge on any atom is -0.480 e. The number of aliphatic carboxylic acids is 1. The SMILES string of the molecule is CC(C(NC(=O)OCC1c2ccccc2-c2ccccc21)C(=O)O)n1cc(Br)cn1.